The van der Waals surface area contributed by atoms with Gasteiger partial charge in [-0.3, -0.25) is 0 Å². The van der Waals surface area contributed by atoms with E-state index in [0.717, 1.165) is 31.3 Å². The molecular weight excluding hydrogens is 290 g/mol. The quantitative estimate of drug-likeness (QED) is 0.817. The molecule has 2 nitrogen and oxygen atoms in total. The van der Waals surface area contributed by atoms with Crippen LogP contribution >= 0.6 is 15.9 Å². The standard InChI is InChI=1S/C15H22BrNO/c1-17(10-12-7-15(18)8-12)11-14(9-16)13-5-3-2-4-6-13/h2-6,12,14-15,18H,7-11H2,1H3. The zero-order valence-corrected chi connectivity index (χ0v) is 12.5. The van der Waals surface area contributed by atoms with E-state index in [1.165, 1.54) is 5.56 Å². The predicted octanol–water partition coefficient (Wildman–Crippen LogP) is 2.87. The Morgan fingerprint density at radius 3 is 2.56 bits per heavy atom. The largest absolute Gasteiger partial charge is 0.393 e. The minimum Gasteiger partial charge on any atom is -0.393 e. The molecule has 0 saturated heterocycles. The molecule has 18 heavy (non-hydrogen) atoms. The maximum atomic E-state index is 9.31. The molecule has 0 amide bonds. The minimum absolute atomic E-state index is 0.0375. The second kappa shape index (κ2) is 6.69. The van der Waals surface area contributed by atoms with Crippen LogP contribution in [0.3, 0.4) is 0 Å². The van der Waals surface area contributed by atoms with Gasteiger partial charge in [-0.05, 0) is 31.4 Å². The van der Waals surface area contributed by atoms with Crippen LogP contribution in [-0.2, 0) is 0 Å². The normalized spacial score (nSPS) is 24.9. The summed E-state index contributed by atoms with van der Waals surface area (Å²) in [5, 5.41) is 10.3. The van der Waals surface area contributed by atoms with Crippen molar-refractivity contribution in [3.05, 3.63) is 35.9 Å². The topological polar surface area (TPSA) is 23.5 Å². The SMILES string of the molecule is CN(CC1CC(O)C1)CC(CBr)c1ccccc1. The van der Waals surface area contributed by atoms with Crippen molar-refractivity contribution in [3.8, 4) is 0 Å². The van der Waals surface area contributed by atoms with Gasteiger partial charge in [-0.1, -0.05) is 46.3 Å². The first-order chi connectivity index (χ1) is 8.69. The number of rotatable bonds is 6. The van der Waals surface area contributed by atoms with Gasteiger partial charge in [0.1, 0.15) is 0 Å². The Morgan fingerprint density at radius 1 is 1.33 bits per heavy atom. The molecule has 0 spiro atoms. The highest BCUT2D eigenvalue weighted by molar-refractivity contribution is 9.09. The lowest BCUT2D eigenvalue weighted by Gasteiger charge is -2.35. The monoisotopic (exact) mass is 311 g/mol. The summed E-state index contributed by atoms with van der Waals surface area (Å²) < 4.78 is 0. The second-order valence-corrected chi connectivity index (χ2v) is 6.12. The molecule has 1 aromatic carbocycles. The highest BCUT2D eigenvalue weighted by Crippen LogP contribution is 2.28. The Bertz CT molecular complexity index is 351. The van der Waals surface area contributed by atoms with Crippen LogP contribution in [0.2, 0.25) is 0 Å². The molecule has 1 atom stereocenters. The Balaban J connectivity index is 1.82. The first kappa shape index (κ1) is 14.0. The summed E-state index contributed by atoms with van der Waals surface area (Å²) in [7, 11) is 2.18. The highest BCUT2D eigenvalue weighted by atomic mass is 79.9. The zero-order chi connectivity index (χ0) is 13.0. The summed E-state index contributed by atoms with van der Waals surface area (Å²) in [5.41, 5.74) is 1.40. The van der Waals surface area contributed by atoms with Crippen molar-refractivity contribution in [1.82, 2.24) is 4.90 Å². The van der Waals surface area contributed by atoms with Crippen LogP contribution < -0.4 is 0 Å². The molecule has 2 rings (SSSR count). The van der Waals surface area contributed by atoms with Gasteiger partial charge < -0.3 is 10.0 Å². The summed E-state index contributed by atoms with van der Waals surface area (Å²) in [5.74, 6) is 1.23. The number of hydrogen-bond donors (Lipinski definition) is 1. The summed E-state index contributed by atoms with van der Waals surface area (Å²) in [6, 6.07) is 10.7. The van der Waals surface area contributed by atoms with Crippen molar-refractivity contribution in [1.29, 1.82) is 0 Å². The molecule has 0 aliphatic heterocycles. The van der Waals surface area contributed by atoms with Crippen molar-refractivity contribution >= 4 is 15.9 Å². The smallest absolute Gasteiger partial charge is 0.0546 e. The number of halogens is 1. The summed E-state index contributed by atoms with van der Waals surface area (Å²) >= 11 is 3.62. The van der Waals surface area contributed by atoms with Gasteiger partial charge in [0.05, 0.1) is 6.10 Å². The van der Waals surface area contributed by atoms with E-state index in [9.17, 15) is 5.11 Å². The Labute approximate surface area is 118 Å². The van der Waals surface area contributed by atoms with Crippen molar-refractivity contribution in [2.24, 2.45) is 5.92 Å². The van der Waals surface area contributed by atoms with Gasteiger partial charge in [-0.25, -0.2) is 0 Å². The lowest BCUT2D eigenvalue weighted by molar-refractivity contribution is 0.0279. The summed E-state index contributed by atoms with van der Waals surface area (Å²) in [4.78, 5) is 2.40. The van der Waals surface area contributed by atoms with Gasteiger partial charge >= 0.3 is 0 Å². The van der Waals surface area contributed by atoms with Crippen LogP contribution in [0.5, 0.6) is 0 Å². The molecule has 1 aliphatic rings. The van der Waals surface area contributed by atoms with Crippen LogP contribution in [0, 0.1) is 5.92 Å². The van der Waals surface area contributed by atoms with E-state index >= 15 is 0 Å². The lowest BCUT2D eigenvalue weighted by atomic mass is 9.82. The third-order valence-electron chi connectivity index (χ3n) is 3.77. The molecule has 0 heterocycles. The van der Waals surface area contributed by atoms with E-state index in [2.05, 4.69) is 58.2 Å². The average Bonchev–Trinajstić information content (AvgIpc) is 2.35. The Morgan fingerprint density at radius 2 is 2.00 bits per heavy atom. The van der Waals surface area contributed by atoms with Gasteiger partial charge in [0.15, 0.2) is 0 Å². The maximum Gasteiger partial charge on any atom is 0.0546 e. The zero-order valence-electron chi connectivity index (χ0n) is 10.9. The molecule has 1 saturated carbocycles. The predicted molar refractivity (Wildman–Crippen MR) is 79.2 cm³/mol. The maximum absolute atomic E-state index is 9.31. The van der Waals surface area contributed by atoms with E-state index in [0.29, 0.717) is 11.8 Å². The number of aliphatic hydroxyl groups excluding tert-OH is 1. The Hall–Kier alpha value is -0.380. The van der Waals surface area contributed by atoms with Crippen molar-refractivity contribution < 1.29 is 5.11 Å². The first-order valence-corrected chi connectivity index (χ1v) is 7.78. The van der Waals surface area contributed by atoms with E-state index in [4.69, 9.17) is 0 Å². The molecule has 0 aromatic heterocycles. The number of nitrogens with zero attached hydrogens (tertiary/aromatic N) is 1. The number of aliphatic hydroxyl groups is 1. The van der Waals surface area contributed by atoms with Crippen molar-refractivity contribution in [2.75, 3.05) is 25.5 Å². The fourth-order valence-electron chi connectivity index (χ4n) is 2.71. The van der Waals surface area contributed by atoms with Crippen LogP contribution in [0.25, 0.3) is 0 Å². The summed E-state index contributed by atoms with van der Waals surface area (Å²) in [6.07, 6.45) is 1.92. The number of hydrogen-bond acceptors (Lipinski definition) is 2. The van der Waals surface area contributed by atoms with E-state index in [1.807, 2.05) is 0 Å². The molecule has 1 aliphatic carbocycles. The van der Waals surface area contributed by atoms with E-state index in [1.54, 1.807) is 0 Å². The Kier molecular flexibility index (Phi) is 5.22. The van der Waals surface area contributed by atoms with Gasteiger partial charge in [-0.2, -0.15) is 0 Å². The second-order valence-electron chi connectivity index (χ2n) is 5.47. The fourth-order valence-corrected chi connectivity index (χ4v) is 3.29. The van der Waals surface area contributed by atoms with Gasteiger partial charge in [-0.15, -0.1) is 0 Å². The van der Waals surface area contributed by atoms with Crippen LogP contribution in [0.15, 0.2) is 30.3 Å². The van der Waals surface area contributed by atoms with Crippen LogP contribution in [-0.4, -0.2) is 41.6 Å². The average molecular weight is 312 g/mol. The molecule has 1 aromatic rings. The van der Waals surface area contributed by atoms with Crippen molar-refractivity contribution in [3.63, 3.8) is 0 Å². The van der Waals surface area contributed by atoms with E-state index in [-0.39, 0.29) is 6.10 Å². The third kappa shape index (κ3) is 3.81. The molecular formula is C15H22BrNO. The number of alkyl halides is 1. The van der Waals surface area contributed by atoms with Crippen molar-refractivity contribution in [2.45, 2.75) is 24.9 Å². The first-order valence-electron chi connectivity index (χ1n) is 6.66. The molecule has 100 valence electrons. The van der Waals surface area contributed by atoms with Gasteiger partial charge in [0.2, 0.25) is 0 Å². The number of likely N-dealkylation sites (N-methyl/N-ethyl adjacent to an activating group) is 1. The third-order valence-corrected chi connectivity index (χ3v) is 4.55. The summed E-state index contributed by atoms with van der Waals surface area (Å²) in [6.45, 7) is 2.18. The molecule has 0 bridgehead atoms. The fraction of sp³-hybridized carbons (Fsp3) is 0.600. The molecule has 1 fully saturated rings. The van der Waals surface area contributed by atoms with Gasteiger partial charge in [0, 0.05) is 24.3 Å². The molecule has 1 unspecified atom stereocenters. The van der Waals surface area contributed by atoms with E-state index < -0.39 is 0 Å². The lowest BCUT2D eigenvalue weighted by Crippen LogP contribution is -2.38. The molecule has 1 N–H and O–H groups in total. The molecule has 0 radical (unpaired) electrons. The minimum atomic E-state index is -0.0375. The van der Waals surface area contributed by atoms with Crippen LogP contribution in [0.4, 0.5) is 0 Å². The van der Waals surface area contributed by atoms with Gasteiger partial charge in [0.25, 0.3) is 0 Å². The van der Waals surface area contributed by atoms with Crippen LogP contribution in [0.1, 0.15) is 24.3 Å². The molecule has 3 heteroatoms. The number of benzene rings is 1. The highest BCUT2D eigenvalue weighted by Gasteiger charge is 2.28.